The van der Waals surface area contributed by atoms with E-state index in [-0.39, 0.29) is 0 Å². The first-order valence-electron chi connectivity index (χ1n) is 6.79. The number of nitrogens with one attached hydrogen (secondary N) is 1. The van der Waals surface area contributed by atoms with Gasteiger partial charge in [-0.15, -0.1) is 0 Å². The summed E-state index contributed by atoms with van der Waals surface area (Å²) >= 11 is 0. The summed E-state index contributed by atoms with van der Waals surface area (Å²) in [6, 6.07) is 15.8. The second-order valence-corrected chi connectivity index (χ2v) is 4.62. The highest BCUT2D eigenvalue weighted by molar-refractivity contribution is 5.70. The lowest BCUT2D eigenvalue weighted by Crippen LogP contribution is -2.17. The van der Waals surface area contributed by atoms with Gasteiger partial charge in [0, 0.05) is 6.54 Å². The Hall–Kier alpha value is -2.20. The summed E-state index contributed by atoms with van der Waals surface area (Å²) in [6.45, 7) is 2.40. The number of rotatable bonds is 7. The molecular formula is C16H21N3O. The number of ether oxygens (including phenoxy) is 1. The van der Waals surface area contributed by atoms with Gasteiger partial charge in [0.25, 0.3) is 0 Å². The van der Waals surface area contributed by atoms with E-state index >= 15 is 0 Å². The molecule has 0 amide bonds. The van der Waals surface area contributed by atoms with Gasteiger partial charge in [0.05, 0.1) is 18.0 Å². The molecule has 4 nitrogen and oxygen atoms in total. The van der Waals surface area contributed by atoms with Crippen LogP contribution in [0, 0.1) is 0 Å². The number of nitrogens with two attached hydrogens (primary N) is 2. The van der Waals surface area contributed by atoms with E-state index < -0.39 is 0 Å². The molecule has 0 aliphatic rings. The van der Waals surface area contributed by atoms with E-state index in [0.717, 1.165) is 19.5 Å². The summed E-state index contributed by atoms with van der Waals surface area (Å²) in [7, 11) is 0. The molecule has 0 atom stereocenters. The maximum Gasteiger partial charge on any atom is 0.144 e. The predicted molar refractivity (Wildman–Crippen MR) is 83.5 cm³/mol. The van der Waals surface area contributed by atoms with Crippen molar-refractivity contribution < 1.29 is 4.74 Å². The highest BCUT2D eigenvalue weighted by Crippen LogP contribution is 2.26. The van der Waals surface area contributed by atoms with Crippen LogP contribution in [0.25, 0.3) is 0 Å². The van der Waals surface area contributed by atoms with Gasteiger partial charge in [-0.05, 0) is 30.7 Å². The molecule has 0 aromatic heterocycles. The molecule has 0 saturated heterocycles. The number of benzene rings is 2. The van der Waals surface area contributed by atoms with E-state index in [4.69, 9.17) is 16.2 Å². The van der Waals surface area contributed by atoms with Crippen LogP contribution >= 0.6 is 0 Å². The fourth-order valence-corrected chi connectivity index (χ4v) is 1.89. The van der Waals surface area contributed by atoms with E-state index in [2.05, 4.69) is 17.4 Å². The Balaban J connectivity index is 1.63. The van der Waals surface area contributed by atoms with Crippen molar-refractivity contribution >= 4 is 11.4 Å². The molecule has 106 valence electrons. The van der Waals surface area contributed by atoms with Crippen molar-refractivity contribution in [1.82, 2.24) is 5.32 Å². The molecule has 20 heavy (non-hydrogen) atoms. The molecule has 0 bridgehead atoms. The van der Waals surface area contributed by atoms with Gasteiger partial charge in [0.15, 0.2) is 0 Å². The summed E-state index contributed by atoms with van der Waals surface area (Å²) in [5.74, 6) is 0.660. The molecule has 0 aliphatic heterocycles. The molecule has 2 aromatic rings. The van der Waals surface area contributed by atoms with Gasteiger partial charge in [-0.2, -0.15) is 0 Å². The molecule has 0 unspecified atom stereocenters. The number of para-hydroxylation sites is 1. The van der Waals surface area contributed by atoms with Crippen LogP contribution in [0.3, 0.4) is 0 Å². The van der Waals surface area contributed by atoms with Gasteiger partial charge in [-0.25, -0.2) is 0 Å². The second-order valence-electron chi connectivity index (χ2n) is 4.62. The van der Waals surface area contributed by atoms with Crippen LogP contribution in [-0.2, 0) is 6.54 Å². The van der Waals surface area contributed by atoms with Crippen LogP contribution in [0.5, 0.6) is 5.75 Å². The first kappa shape index (κ1) is 14.2. The quantitative estimate of drug-likeness (QED) is 0.534. The standard InChI is InChI=1S/C16H21N3O/c17-14-8-4-9-15(16(14)18)20-11-5-10-19-12-13-6-2-1-3-7-13/h1-4,6-9,19H,5,10-12,17-18H2. The summed E-state index contributed by atoms with van der Waals surface area (Å²) in [5, 5.41) is 3.38. The van der Waals surface area contributed by atoms with Gasteiger partial charge in [0.1, 0.15) is 5.75 Å². The molecule has 0 saturated carbocycles. The molecule has 4 heteroatoms. The Labute approximate surface area is 119 Å². The zero-order valence-electron chi connectivity index (χ0n) is 11.5. The van der Waals surface area contributed by atoms with E-state index in [0.29, 0.717) is 23.7 Å². The topological polar surface area (TPSA) is 73.3 Å². The summed E-state index contributed by atoms with van der Waals surface area (Å²) in [4.78, 5) is 0. The third-order valence-corrected chi connectivity index (χ3v) is 3.03. The monoisotopic (exact) mass is 271 g/mol. The highest BCUT2D eigenvalue weighted by atomic mass is 16.5. The van der Waals surface area contributed by atoms with Crippen LogP contribution in [-0.4, -0.2) is 13.2 Å². The van der Waals surface area contributed by atoms with Crippen LogP contribution in [0.4, 0.5) is 11.4 Å². The Morgan fingerprint density at radius 2 is 1.75 bits per heavy atom. The second kappa shape index (κ2) is 7.40. The smallest absolute Gasteiger partial charge is 0.144 e. The lowest BCUT2D eigenvalue weighted by Gasteiger charge is -2.10. The van der Waals surface area contributed by atoms with Gasteiger partial charge < -0.3 is 21.5 Å². The third-order valence-electron chi connectivity index (χ3n) is 3.03. The molecular weight excluding hydrogens is 250 g/mol. The van der Waals surface area contributed by atoms with Crippen molar-refractivity contribution in [1.29, 1.82) is 0 Å². The normalized spacial score (nSPS) is 10.4. The predicted octanol–water partition coefficient (Wildman–Crippen LogP) is 2.41. The SMILES string of the molecule is Nc1cccc(OCCCNCc2ccccc2)c1N. The first-order chi connectivity index (χ1) is 9.77. The van der Waals surface area contributed by atoms with Gasteiger partial charge in [0.2, 0.25) is 0 Å². The largest absolute Gasteiger partial charge is 0.491 e. The fourth-order valence-electron chi connectivity index (χ4n) is 1.89. The molecule has 5 N–H and O–H groups in total. The van der Waals surface area contributed by atoms with E-state index in [1.54, 1.807) is 6.07 Å². The first-order valence-corrected chi connectivity index (χ1v) is 6.79. The maximum absolute atomic E-state index is 5.83. The Morgan fingerprint density at radius 1 is 0.950 bits per heavy atom. The van der Waals surface area contributed by atoms with Crippen molar-refractivity contribution in [3.63, 3.8) is 0 Å². The summed E-state index contributed by atoms with van der Waals surface area (Å²) < 4.78 is 5.62. The van der Waals surface area contributed by atoms with Crippen molar-refractivity contribution in [2.24, 2.45) is 0 Å². The van der Waals surface area contributed by atoms with Crippen LogP contribution < -0.4 is 21.5 Å². The lowest BCUT2D eigenvalue weighted by atomic mass is 10.2. The number of hydrogen-bond donors (Lipinski definition) is 3. The minimum Gasteiger partial charge on any atom is -0.491 e. The molecule has 2 aromatic carbocycles. The van der Waals surface area contributed by atoms with Crippen molar-refractivity contribution in [3.8, 4) is 5.75 Å². The van der Waals surface area contributed by atoms with E-state index in [1.807, 2.05) is 30.3 Å². The Kier molecular flexibility index (Phi) is 5.26. The van der Waals surface area contributed by atoms with E-state index in [9.17, 15) is 0 Å². The molecule has 0 radical (unpaired) electrons. The zero-order chi connectivity index (χ0) is 14.2. The third kappa shape index (κ3) is 4.17. The van der Waals surface area contributed by atoms with Crippen LogP contribution in [0.1, 0.15) is 12.0 Å². The van der Waals surface area contributed by atoms with Crippen molar-refractivity contribution in [3.05, 3.63) is 54.1 Å². The molecule has 2 rings (SSSR count). The average molecular weight is 271 g/mol. The minimum atomic E-state index is 0.518. The van der Waals surface area contributed by atoms with Crippen LogP contribution in [0.15, 0.2) is 48.5 Å². The number of anilines is 2. The van der Waals surface area contributed by atoms with Gasteiger partial charge in [-0.3, -0.25) is 0 Å². The maximum atomic E-state index is 5.83. The van der Waals surface area contributed by atoms with Crippen molar-refractivity contribution in [2.45, 2.75) is 13.0 Å². The molecule has 0 fully saturated rings. The van der Waals surface area contributed by atoms with Gasteiger partial charge >= 0.3 is 0 Å². The molecule has 0 spiro atoms. The zero-order valence-corrected chi connectivity index (χ0v) is 11.5. The van der Waals surface area contributed by atoms with Crippen LogP contribution in [0.2, 0.25) is 0 Å². The summed E-state index contributed by atoms with van der Waals surface area (Å²) in [5.41, 5.74) is 13.9. The minimum absolute atomic E-state index is 0.518. The number of hydrogen-bond acceptors (Lipinski definition) is 4. The summed E-state index contributed by atoms with van der Waals surface area (Å²) in [6.07, 6.45) is 0.918. The Bertz CT molecular complexity index is 529. The van der Waals surface area contributed by atoms with E-state index in [1.165, 1.54) is 5.56 Å². The molecule has 0 heterocycles. The lowest BCUT2D eigenvalue weighted by molar-refractivity contribution is 0.310. The highest BCUT2D eigenvalue weighted by Gasteiger charge is 2.02. The van der Waals surface area contributed by atoms with Crippen molar-refractivity contribution in [2.75, 3.05) is 24.6 Å². The average Bonchev–Trinajstić information content (AvgIpc) is 2.48. The van der Waals surface area contributed by atoms with Gasteiger partial charge in [-0.1, -0.05) is 36.4 Å². The number of nitrogen functional groups attached to an aromatic ring is 2. The fraction of sp³-hybridized carbons (Fsp3) is 0.250. The Morgan fingerprint density at radius 3 is 2.55 bits per heavy atom. The molecule has 0 aliphatic carbocycles.